The van der Waals surface area contributed by atoms with Crippen molar-refractivity contribution in [2.24, 2.45) is 11.8 Å². The summed E-state index contributed by atoms with van der Waals surface area (Å²) in [7, 11) is -3.04. The molecule has 1 aromatic carbocycles. The van der Waals surface area contributed by atoms with Crippen LogP contribution in [0.3, 0.4) is 0 Å². The Labute approximate surface area is 170 Å². The summed E-state index contributed by atoms with van der Waals surface area (Å²) >= 11 is 0. The van der Waals surface area contributed by atoms with E-state index < -0.39 is 10.0 Å². The van der Waals surface area contributed by atoms with Crippen molar-refractivity contribution in [3.05, 3.63) is 29.3 Å². The first-order chi connectivity index (χ1) is 13.4. The maximum Gasteiger partial charge on any atom is 0.211 e. The SMILES string of the molecule is CC(Cc1ccc2c(c1)OCC2)N(CC1CC1)CC1CCN(S(C)(=O)=O)CC1. The molecule has 4 rings (SSSR count). The molecule has 3 aliphatic rings. The molecule has 0 amide bonds. The van der Waals surface area contributed by atoms with E-state index in [0.29, 0.717) is 25.0 Å². The van der Waals surface area contributed by atoms with Crippen molar-refractivity contribution in [2.45, 2.75) is 51.5 Å². The van der Waals surface area contributed by atoms with E-state index in [0.717, 1.165) is 50.5 Å². The Morgan fingerprint density at radius 2 is 1.82 bits per heavy atom. The highest BCUT2D eigenvalue weighted by Gasteiger charge is 2.31. The predicted molar refractivity (Wildman–Crippen MR) is 112 cm³/mol. The zero-order valence-corrected chi connectivity index (χ0v) is 18.1. The van der Waals surface area contributed by atoms with Crippen LogP contribution in [0, 0.1) is 11.8 Å². The maximum absolute atomic E-state index is 11.8. The summed E-state index contributed by atoms with van der Waals surface area (Å²) in [5.74, 6) is 2.54. The second-order valence-electron chi connectivity index (χ2n) is 9.10. The summed E-state index contributed by atoms with van der Waals surface area (Å²) in [5, 5.41) is 0. The summed E-state index contributed by atoms with van der Waals surface area (Å²) in [4.78, 5) is 2.67. The van der Waals surface area contributed by atoms with Crippen molar-refractivity contribution in [3.8, 4) is 5.75 Å². The maximum atomic E-state index is 11.8. The Morgan fingerprint density at radius 1 is 1.14 bits per heavy atom. The summed E-state index contributed by atoms with van der Waals surface area (Å²) in [6.45, 7) is 6.80. The van der Waals surface area contributed by atoms with Gasteiger partial charge in [0.25, 0.3) is 0 Å². The first-order valence-electron chi connectivity index (χ1n) is 10.8. The molecule has 1 aliphatic carbocycles. The molecule has 1 saturated carbocycles. The second kappa shape index (κ2) is 8.33. The highest BCUT2D eigenvalue weighted by atomic mass is 32.2. The highest BCUT2D eigenvalue weighted by Crippen LogP contribution is 2.32. The van der Waals surface area contributed by atoms with Gasteiger partial charge in [-0.1, -0.05) is 12.1 Å². The fraction of sp³-hybridized carbons (Fsp3) is 0.727. The summed E-state index contributed by atoms with van der Waals surface area (Å²) in [6.07, 6.45) is 8.10. The van der Waals surface area contributed by atoms with Crippen LogP contribution in [0.15, 0.2) is 18.2 Å². The van der Waals surface area contributed by atoms with Gasteiger partial charge in [0.15, 0.2) is 0 Å². The molecule has 0 N–H and O–H groups in total. The first-order valence-corrected chi connectivity index (χ1v) is 12.7. The third-order valence-corrected chi connectivity index (χ3v) is 7.94. The molecular weight excluding hydrogens is 372 g/mol. The number of piperidine rings is 1. The lowest BCUT2D eigenvalue weighted by Crippen LogP contribution is -2.44. The quantitative estimate of drug-likeness (QED) is 0.666. The lowest BCUT2D eigenvalue weighted by Gasteiger charge is -2.36. The fourth-order valence-corrected chi connectivity index (χ4v) is 5.50. The predicted octanol–water partition coefficient (Wildman–Crippen LogP) is 2.94. The molecule has 5 nitrogen and oxygen atoms in total. The van der Waals surface area contributed by atoms with E-state index in [9.17, 15) is 8.42 Å². The molecule has 28 heavy (non-hydrogen) atoms. The van der Waals surface area contributed by atoms with E-state index in [1.54, 1.807) is 4.31 Å². The highest BCUT2D eigenvalue weighted by molar-refractivity contribution is 7.88. The van der Waals surface area contributed by atoms with Crippen molar-refractivity contribution in [3.63, 3.8) is 0 Å². The van der Waals surface area contributed by atoms with Crippen molar-refractivity contribution in [1.82, 2.24) is 9.21 Å². The number of nitrogens with zero attached hydrogens (tertiary/aromatic N) is 2. The van der Waals surface area contributed by atoms with Gasteiger partial charge in [-0.2, -0.15) is 0 Å². The molecule has 0 radical (unpaired) electrons. The van der Waals surface area contributed by atoms with Gasteiger partial charge in [-0.3, -0.25) is 4.90 Å². The number of sulfonamides is 1. The van der Waals surface area contributed by atoms with Crippen molar-refractivity contribution in [1.29, 1.82) is 0 Å². The van der Waals surface area contributed by atoms with Crippen molar-refractivity contribution < 1.29 is 13.2 Å². The minimum atomic E-state index is -3.04. The van der Waals surface area contributed by atoms with Crippen LogP contribution >= 0.6 is 0 Å². The molecule has 0 bridgehead atoms. The lowest BCUT2D eigenvalue weighted by molar-refractivity contribution is 0.140. The number of hydrogen-bond donors (Lipinski definition) is 0. The summed E-state index contributed by atoms with van der Waals surface area (Å²) < 4.78 is 30.9. The smallest absolute Gasteiger partial charge is 0.211 e. The van der Waals surface area contributed by atoms with E-state index in [1.807, 2.05) is 0 Å². The average molecular weight is 407 g/mol. The summed E-state index contributed by atoms with van der Waals surface area (Å²) in [5.41, 5.74) is 2.70. The molecule has 156 valence electrons. The van der Waals surface area contributed by atoms with E-state index in [2.05, 4.69) is 30.0 Å². The van der Waals surface area contributed by atoms with Crippen molar-refractivity contribution in [2.75, 3.05) is 39.0 Å². The first kappa shape index (κ1) is 20.2. The van der Waals surface area contributed by atoms with Crippen LogP contribution in [0.5, 0.6) is 5.75 Å². The molecule has 2 fully saturated rings. The molecule has 0 aromatic heterocycles. The van der Waals surface area contributed by atoms with Gasteiger partial charge in [-0.15, -0.1) is 0 Å². The molecular formula is C22H34N2O3S. The molecule has 1 saturated heterocycles. The largest absolute Gasteiger partial charge is 0.493 e. The van der Waals surface area contributed by atoms with Gasteiger partial charge in [0.2, 0.25) is 10.0 Å². The minimum absolute atomic E-state index is 0.494. The van der Waals surface area contributed by atoms with Gasteiger partial charge < -0.3 is 4.74 Å². The van der Waals surface area contributed by atoms with Crippen LogP contribution < -0.4 is 4.74 Å². The van der Waals surface area contributed by atoms with Crippen molar-refractivity contribution >= 4 is 10.0 Å². The van der Waals surface area contributed by atoms with Crippen LogP contribution in [0.2, 0.25) is 0 Å². The molecule has 1 unspecified atom stereocenters. The van der Waals surface area contributed by atoms with Gasteiger partial charge >= 0.3 is 0 Å². The fourth-order valence-electron chi connectivity index (χ4n) is 4.63. The Bertz CT molecular complexity index is 783. The Morgan fingerprint density at radius 3 is 2.46 bits per heavy atom. The summed E-state index contributed by atoms with van der Waals surface area (Å²) in [6, 6.07) is 7.23. The van der Waals surface area contributed by atoms with E-state index in [-0.39, 0.29) is 0 Å². The van der Waals surface area contributed by atoms with Crippen LogP contribution in [-0.4, -0.2) is 62.7 Å². The molecule has 6 heteroatoms. The standard InChI is InChI=1S/C22H34N2O3S/c1-17(13-20-5-6-21-9-12-27-22(21)14-20)23(15-18-3-4-18)16-19-7-10-24(11-8-19)28(2,25)26/h5-6,14,17-19H,3-4,7-13,15-16H2,1-2H3. The van der Waals surface area contributed by atoms with E-state index in [1.165, 1.54) is 36.8 Å². The van der Waals surface area contributed by atoms with Gasteiger partial charge in [-0.05, 0) is 68.1 Å². The lowest BCUT2D eigenvalue weighted by atomic mass is 9.95. The van der Waals surface area contributed by atoms with E-state index in [4.69, 9.17) is 4.74 Å². The number of benzene rings is 1. The third-order valence-electron chi connectivity index (χ3n) is 6.64. The molecule has 2 aliphatic heterocycles. The number of ether oxygens (including phenoxy) is 1. The normalized spacial score (nSPS) is 22.2. The zero-order valence-electron chi connectivity index (χ0n) is 17.3. The van der Waals surface area contributed by atoms with Gasteiger partial charge in [-0.25, -0.2) is 12.7 Å². The molecule has 0 spiro atoms. The molecule has 1 atom stereocenters. The zero-order chi connectivity index (χ0) is 19.7. The van der Waals surface area contributed by atoms with Crippen LogP contribution in [0.25, 0.3) is 0 Å². The average Bonchev–Trinajstić information content (AvgIpc) is 3.35. The van der Waals surface area contributed by atoms with E-state index >= 15 is 0 Å². The Kier molecular flexibility index (Phi) is 6.00. The monoisotopic (exact) mass is 406 g/mol. The Balaban J connectivity index is 1.36. The second-order valence-corrected chi connectivity index (χ2v) is 11.1. The number of rotatable bonds is 8. The number of hydrogen-bond acceptors (Lipinski definition) is 4. The minimum Gasteiger partial charge on any atom is -0.493 e. The van der Waals surface area contributed by atoms with Gasteiger partial charge in [0, 0.05) is 38.6 Å². The van der Waals surface area contributed by atoms with Crippen LogP contribution in [0.1, 0.15) is 43.7 Å². The Hall–Kier alpha value is -1.11. The van der Waals surface area contributed by atoms with Crippen LogP contribution in [0.4, 0.5) is 0 Å². The van der Waals surface area contributed by atoms with Gasteiger partial charge in [0.1, 0.15) is 5.75 Å². The number of fused-ring (bicyclic) bond motifs is 1. The third kappa shape index (κ3) is 5.08. The molecule has 1 aromatic rings. The topological polar surface area (TPSA) is 49.9 Å². The molecule has 2 heterocycles. The van der Waals surface area contributed by atoms with Crippen LogP contribution in [-0.2, 0) is 22.9 Å². The van der Waals surface area contributed by atoms with Gasteiger partial charge in [0.05, 0.1) is 12.9 Å².